The molecule has 140 valence electrons. The monoisotopic (exact) mass is 389 g/mol. The van der Waals surface area contributed by atoms with Crippen LogP contribution in [0.15, 0.2) is 88.8 Å². The van der Waals surface area contributed by atoms with E-state index in [1.807, 2.05) is 55.5 Å². The van der Waals surface area contributed by atoms with Crippen molar-refractivity contribution in [3.05, 3.63) is 84.4 Å². The molecular weight excluding hydrogens is 370 g/mol. The number of ether oxygens (including phenoxy) is 1. The van der Waals surface area contributed by atoms with Crippen molar-refractivity contribution in [1.82, 2.24) is 4.98 Å². The molecule has 4 rings (SSSR count). The standard InChI is InChI=1S/C23H19NO3S/c1-16-8-13-22-21(14-16)20(17-6-4-3-5-7-17)15-23(24-22)28(25,26)19-11-9-18(27-2)10-12-19/h3-15H,1-2H3. The Labute approximate surface area is 164 Å². The largest absolute Gasteiger partial charge is 0.497 e. The van der Waals surface area contributed by atoms with Gasteiger partial charge in [-0.05, 0) is 60.5 Å². The predicted molar refractivity (Wildman–Crippen MR) is 110 cm³/mol. The molecule has 0 unspecified atom stereocenters. The molecule has 0 aliphatic rings. The number of fused-ring (bicyclic) bond motifs is 1. The van der Waals surface area contributed by atoms with Crippen LogP contribution in [-0.4, -0.2) is 20.5 Å². The second kappa shape index (κ2) is 7.09. The van der Waals surface area contributed by atoms with E-state index in [2.05, 4.69) is 4.98 Å². The number of rotatable bonds is 4. The van der Waals surface area contributed by atoms with Gasteiger partial charge in [0.2, 0.25) is 9.84 Å². The zero-order valence-electron chi connectivity index (χ0n) is 15.6. The summed E-state index contributed by atoms with van der Waals surface area (Å²) in [6.07, 6.45) is 0. The average Bonchev–Trinajstić information content (AvgIpc) is 2.73. The summed E-state index contributed by atoms with van der Waals surface area (Å²) >= 11 is 0. The van der Waals surface area contributed by atoms with Gasteiger partial charge in [0, 0.05) is 5.39 Å². The first-order chi connectivity index (χ1) is 13.5. The van der Waals surface area contributed by atoms with E-state index < -0.39 is 9.84 Å². The van der Waals surface area contributed by atoms with Crippen LogP contribution in [0.1, 0.15) is 5.56 Å². The van der Waals surface area contributed by atoms with E-state index >= 15 is 0 Å². The summed E-state index contributed by atoms with van der Waals surface area (Å²) < 4.78 is 31.6. The molecule has 3 aromatic carbocycles. The Morgan fingerprint density at radius 3 is 2.25 bits per heavy atom. The van der Waals surface area contributed by atoms with Crippen molar-refractivity contribution in [1.29, 1.82) is 0 Å². The van der Waals surface area contributed by atoms with E-state index in [1.54, 1.807) is 25.3 Å². The van der Waals surface area contributed by atoms with Gasteiger partial charge in [-0.3, -0.25) is 0 Å². The molecule has 5 heteroatoms. The summed E-state index contributed by atoms with van der Waals surface area (Å²) in [5, 5.41) is 0.966. The molecule has 0 saturated carbocycles. The predicted octanol–water partition coefficient (Wildman–Crippen LogP) is 5.05. The van der Waals surface area contributed by atoms with Gasteiger partial charge < -0.3 is 4.74 Å². The lowest BCUT2D eigenvalue weighted by Crippen LogP contribution is -2.05. The lowest BCUT2D eigenvalue weighted by molar-refractivity contribution is 0.414. The van der Waals surface area contributed by atoms with E-state index in [9.17, 15) is 8.42 Å². The van der Waals surface area contributed by atoms with Crippen molar-refractivity contribution < 1.29 is 13.2 Å². The molecule has 1 aromatic heterocycles. The average molecular weight is 389 g/mol. The van der Waals surface area contributed by atoms with Crippen LogP contribution in [0.4, 0.5) is 0 Å². The number of sulfone groups is 1. The summed E-state index contributed by atoms with van der Waals surface area (Å²) in [6.45, 7) is 2.01. The lowest BCUT2D eigenvalue weighted by atomic mass is 10.0. The van der Waals surface area contributed by atoms with Gasteiger partial charge in [-0.2, -0.15) is 0 Å². The normalized spacial score (nSPS) is 11.5. The van der Waals surface area contributed by atoms with Crippen LogP contribution < -0.4 is 4.74 Å². The molecule has 0 aliphatic carbocycles. The van der Waals surface area contributed by atoms with Crippen LogP contribution in [0, 0.1) is 6.92 Å². The highest BCUT2D eigenvalue weighted by Crippen LogP contribution is 2.32. The molecule has 0 aliphatic heterocycles. The third kappa shape index (κ3) is 3.25. The highest BCUT2D eigenvalue weighted by molar-refractivity contribution is 7.91. The Kier molecular flexibility index (Phi) is 4.61. The molecule has 4 nitrogen and oxygen atoms in total. The zero-order chi connectivity index (χ0) is 19.7. The maximum atomic E-state index is 13.2. The van der Waals surface area contributed by atoms with Gasteiger partial charge >= 0.3 is 0 Å². The molecule has 0 fully saturated rings. The molecule has 0 bridgehead atoms. The summed E-state index contributed by atoms with van der Waals surface area (Å²) in [6, 6.07) is 23.6. The SMILES string of the molecule is COc1ccc(S(=O)(=O)c2cc(-c3ccccc3)c3cc(C)ccc3n2)cc1. The minimum absolute atomic E-state index is 0.0351. The fourth-order valence-electron chi connectivity index (χ4n) is 3.19. The molecule has 0 atom stereocenters. The number of methoxy groups -OCH3 is 1. The second-order valence-electron chi connectivity index (χ2n) is 6.57. The van der Waals surface area contributed by atoms with Gasteiger partial charge in [0.05, 0.1) is 17.5 Å². The van der Waals surface area contributed by atoms with Crippen LogP contribution in [-0.2, 0) is 9.84 Å². The third-order valence-electron chi connectivity index (χ3n) is 4.67. The van der Waals surface area contributed by atoms with Crippen molar-refractivity contribution >= 4 is 20.7 Å². The summed E-state index contributed by atoms with van der Waals surface area (Å²) in [5.41, 5.74) is 3.55. The van der Waals surface area contributed by atoms with E-state index in [0.29, 0.717) is 11.3 Å². The van der Waals surface area contributed by atoms with Gasteiger partial charge in [0.1, 0.15) is 5.75 Å². The van der Waals surface area contributed by atoms with E-state index in [1.165, 1.54) is 12.1 Å². The van der Waals surface area contributed by atoms with Gasteiger partial charge in [0.15, 0.2) is 5.03 Å². The highest BCUT2D eigenvalue weighted by atomic mass is 32.2. The minimum atomic E-state index is -3.76. The van der Waals surface area contributed by atoms with Gasteiger partial charge in [-0.25, -0.2) is 13.4 Å². The number of hydrogen-bond donors (Lipinski definition) is 0. The van der Waals surface area contributed by atoms with Crippen molar-refractivity contribution in [3.63, 3.8) is 0 Å². The van der Waals surface area contributed by atoms with Crippen molar-refractivity contribution in [2.75, 3.05) is 7.11 Å². The van der Waals surface area contributed by atoms with Crippen molar-refractivity contribution in [2.45, 2.75) is 16.8 Å². The third-order valence-corrected chi connectivity index (χ3v) is 6.32. The van der Waals surface area contributed by atoms with Gasteiger partial charge in [-0.1, -0.05) is 42.0 Å². The second-order valence-corrected chi connectivity index (χ2v) is 8.47. The van der Waals surface area contributed by atoms with Gasteiger partial charge in [0.25, 0.3) is 0 Å². The Morgan fingerprint density at radius 2 is 1.57 bits per heavy atom. The van der Waals surface area contributed by atoms with Gasteiger partial charge in [-0.15, -0.1) is 0 Å². The van der Waals surface area contributed by atoms with E-state index in [-0.39, 0.29) is 9.92 Å². The number of aryl methyl sites for hydroxylation is 1. The molecule has 4 aromatic rings. The molecular formula is C23H19NO3S. The van der Waals surface area contributed by atoms with Crippen LogP contribution in [0.2, 0.25) is 0 Å². The molecule has 1 heterocycles. The number of pyridine rings is 1. The smallest absolute Gasteiger partial charge is 0.223 e. The Balaban J connectivity index is 1.96. The molecule has 28 heavy (non-hydrogen) atoms. The van der Waals surface area contributed by atoms with Crippen molar-refractivity contribution in [3.8, 4) is 16.9 Å². The number of hydrogen-bond acceptors (Lipinski definition) is 4. The summed E-state index contributed by atoms with van der Waals surface area (Å²) in [5.74, 6) is 0.603. The fourth-order valence-corrected chi connectivity index (χ4v) is 4.41. The Bertz CT molecular complexity index is 1250. The maximum absolute atomic E-state index is 13.2. The summed E-state index contributed by atoms with van der Waals surface area (Å²) in [7, 11) is -2.22. The number of benzene rings is 3. The minimum Gasteiger partial charge on any atom is -0.497 e. The maximum Gasteiger partial charge on any atom is 0.223 e. The van der Waals surface area contributed by atoms with Crippen LogP contribution in [0.3, 0.4) is 0 Å². The van der Waals surface area contributed by atoms with E-state index in [4.69, 9.17) is 4.74 Å². The lowest BCUT2D eigenvalue weighted by Gasteiger charge is -2.12. The first-order valence-corrected chi connectivity index (χ1v) is 10.3. The molecule has 0 saturated heterocycles. The van der Waals surface area contributed by atoms with E-state index in [0.717, 1.165) is 22.1 Å². The molecule has 0 radical (unpaired) electrons. The first-order valence-electron chi connectivity index (χ1n) is 8.85. The van der Waals surface area contributed by atoms with Crippen LogP contribution in [0.25, 0.3) is 22.0 Å². The topological polar surface area (TPSA) is 56.3 Å². The first kappa shape index (κ1) is 18.2. The van der Waals surface area contributed by atoms with Crippen LogP contribution >= 0.6 is 0 Å². The van der Waals surface area contributed by atoms with Crippen LogP contribution in [0.5, 0.6) is 5.75 Å². The highest BCUT2D eigenvalue weighted by Gasteiger charge is 2.22. The molecule has 0 spiro atoms. The Hall–Kier alpha value is -3.18. The summed E-state index contributed by atoms with van der Waals surface area (Å²) in [4.78, 5) is 4.66. The van der Waals surface area contributed by atoms with Crippen molar-refractivity contribution in [2.24, 2.45) is 0 Å². The molecule has 0 N–H and O–H groups in total. The number of aromatic nitrogens is 1. The fraction of sp³-hybridized carbons (Fsp3) is 0.0870. The zero-order valence-corrected chi connectivity index (χ0v) is 16.4. The molecule has 0 amide bonds. The number of nitrogens with zero attached hydrogens (tertiary/aromatic N) is 1. The Morgan fingerprint density at radius 1 is 0.857 bits per heavy atom. The quantitative estimate of drug-likeness (QED) is 0.490.